The molecule has 0 aromatic carbocycles. The van der Waals surface area contributed by atoms with Crippen LogP contribution >= 0.6 is 0 Å². The van der Waals surface area contributed by atoms with Gasteiger partial charge in [-0.15, -0.1) is 5.10 Å². The summed E-state index contributed by atoms with van der Waals surface area (Å²) in [6, 6.07) is 3.26. The van der Waals surface area contributed by atoms with E-state index in [0.717, 1.165) is 6.20 Å². The first-order valence-corrected chi connectivity index (χ1v) is 4.51. The number of rotatable bonds is 2. The molecule has 3 N–H and O–H groups in total. The van der Waals surface area contributed by atoms with Crippen LogP contribution in [0.1, 0.15) is 10.4 Å². The first kappa shape index (κ1) is 10.9. The quantitative estimate of drug-likeness (QED) is 0.654. The van der Waals surface area contributed by atoms with E-state index in [1.165, 1.54) is 6.20 Å². The zero-order valence-electron chi connectivity index (χ0n) is 8.45. The molecule has 2 aromatic heterocycles. The number of aromatic amines is 1. The summed E-state index contributed by atoms with van der Waals surface area (Å²) in [5.74, 6) is 3.92. The van der Waals surface area contributed by atoms with Crippen molar-refractivity contribution in [2.24, 2.45) is 5.90 Å². The number of hydrogen-bond donors (Lipinski definition) is 2. The zero-order valence-corrected chi connectivity index (χ0v) is 8.45. The number of carbonyl (C=O) groups is 1. The normalized spacial score (nSPS) is 9.94. The van der Waals surface area contributed by atoms with E-state index in [1.54, 1.807) is 12.1 Å². The molecule has 0 atom stereocenters. The average molecular weight is 233 g/mol. The Bertz CT molecular complexity index is 595. The van der Waals surface area contributed by atoms with Gasteiger partial charge in [0.25, 0.3) is 5.56 Å². The molecule has 0 saturated carbocycles. The summed E-state index contributed by atoms with van der Waals surface area (Å²) in [7, 11) is 0. The van der Waals surface area contributed by atoms with Crippen molar-refractivity contribution in [3.05, 3.63) is 40.4 Å². The van der Waals surface area contributed by atoms with Crippen LogP contribution in [0, 0.1) is 0 Å². The molecule has 0 amide bonds. The minimum atomic E-state index is -0.954. The Hall–Kier alpha value is -2.61. The van der Waals surface area contributed by atoms with Crippen LogP contribution in [0.5, 0.6) is 0 Å². The van der Waals surface area contributed by atoms with Crippen molar-refractivity contribution in [3.8, 4) is 11.5 Å². The molecule has 0 aliphatic heterocycles. The zero-order chi connectivity index (χ0) is 12.3. The van der Waals surface area contributed by atoms with Gasteiger partial charge in [0.1, 0.15) is 11.3 Å². The number of nitrogens with zero attached hydrogens (tertiary/aromatic N) is 3. The first-order chi connectivity index (χ1) is 8.22. The number of hydrogen-bond acceptors (Lipinski definition) is 7. The SMILES string of the molecule is NOC(=O)c1cnc(-c2cccnn2)[nH]c1=O. The fourth-order valence-electron chi connectivity index (χ4n) is 1.16. The molecule has 2 heterocycles. The van der Waals surface area contributed by atoms with Crippen LogP contribution < -0.4 is 11.5 Å². The Morgan fingerprint density at radius 3 is 2.88 bits per heavy atom. The molecule has 0 unspecified atom stereocenters. The van der Waals surface area contributed by atoms with E-state index in [4.69, 9.17) is 0 Å². The average Bonchev–Trinajstić information content (AvgIpc) is 2.39. The molecular formula is C9H7N5O3. The Morgan fingerprint density at radius 1 is 1.47 bits per heavy atom. The molecule has 0 bridgehead atoms. The summed E-state index contributed by atoms with van der Waals surface area (Å²) >= 11 is 0. The van der Waals surface area contributed by atoms with Crippen molar-refractivity contribution in [2.45, 2.75) is 0 Å². The number of nitrogens with two attached hydrogens (primary N) is 1. The van der Waals surface area contributed by atoms with Crippen LogP contribution in [-0.4, -0.2) is 26.1 Å². The Kier molecular flexibility index (Phi) is 2.88. The molecular weight excluding hydrogens is 226 g/mol. The molecule has 8 heteroatoms. The minimum Gasteiger partial charge on any atom is -0.369 e. The highest BCUT2D eigenvalue weighted by Crippen LogP contribution is 2.06. The first-order valence-electron chi connectivity index (χ1n) is 4.51. The van der Waals surface area contributed by atoms with E-state index in [0.29, 0.717) is 5.69 Å². The lowest BCUT2D eigenvalue weighted by atomic mass is 10.3. The third-order valence-corrected chi connectivity index (χ3v) is 1.94. The van der Waals surface area contributed by atoms with Crippen molar-refractivity contribution in [1.29, 1.82) is 0 Å². The Balaban J connectivity index is 2.45. The van der Waals surface area contributed by atoms with Crippen LogP contribution in [-0.2, 0) is 4.84 Å². The van der Waals surface area contributed by atoms with E-state index in [-0.39, 0.29) is 11.4 Å². The van der Waals surface area contributed by atoms with Gasteiger partial charge in [-0.3, -0.25) is 4.79 Å². The Labute approximate surface area is 94.4 Å². The summed E-state index contributed by atoms with van der Waals surface area (Å²) in [5, 5.41) is 7.40. The predicted molar refractivity (Wildman–Crippen MR) is 55.5 cm³/mol. The Morgan fingerprint density at radius 2 is 2.29 bits per heavy atom. The maximum atomic E-state index is 11.5. The molecule has 0 aliphatic rings. The monoisotopic (exact) mass is 233 g/mol. The molecule has 0 saturated heterocycles. The lowest BCUT2D eigenvalue weighted by molar-refractivity contribution is 0.0501. The molecule has 17 heavy (non-hydrogen) atoms. The smallest absolute Gasteiger partial charge is 0.363 e. The van der Waals surface area contributed by atoms with Crippen LogP contribution in [0.15, 0.2) is 29.3 Å². The molecule has 0 radical (unpaired) electrons. The molecule has 86 valence electrons. The highest BCUT2D eigenvalue weighted by atomic mass is 16.7. The molecule has 2 aromatic rings. The molecule has 0 aliphatic carbocycles. The maximum absolute atomic E-state index is 11.5. The van der Waals surface area contributed by atoms with Gasteiger partial charge in [0, 0.05) is 12.4 Å². The van der Waals surface area contributed by atoms with Gasteiger partial charge in [0.15, 0.2) is 5.82 Å². The van der Waals surface area contributed by atoms with E-state index >= 15 is 0 Å². The van der Waals surface area contributed by atoms with Gasteiger partial charge >= 0.3 is 5.97 Å². The fourth-order valence-corrected chi connectivity index (χ4v) is 1.16. The van der Waals surface area contributed by atoms with Crippen LogP contribution in [0.2, 0.25) is 0 Å². The molecule has 2 rings (SSSR count). The summed E-state index contributed by atoms with van der Waals surface area (Å²) in [4.78, 5) is 32.7. The second-order valence-electron chi connectivity index (χ2n) is 2.99. The number of carbonyl (C=O) groups excluding carboxylic acids is 1. The van der Waals surface area contributed by atoms with Crippen LogP contribution in [0.25, 0.3) is 11.5 Å². The molecule has 0 fully saturated rings. The lowest BCUT2D eigenvalue weighted by Gasteiger charge is -2.00. The molecule has 0 spiro atoms. The van der Waals surface area contributed by atoms with Gasteiger partial charge in [0.2, 0.25) is 0 Å². The van der Waals surface area contributed by atoms with Gasteiger partial charge in [-0.25, -0.2) is 9.78 Å². The number of nitrogens with one attached hydrogen (secondary N) is 1. The van der Waals surface area contributed by atoms with Gasteiger partial charge < -0.3 is 9.82 Å². The largest absolute Gasteiger partial charge is 0.369 e. The van der Waals surface area contributed by atoms with E-state index in [1.807, 2.05) is 0 Å². The van der Waals surface area contributed by atoms with E-state index in [2.05, 4.69) is 30.9 Å². The standard InChI is InChI=1S/C9H7N5O3/c10-17-9(16)5-4-11-7(13-8(5)15)6-2-1-3-12-14-6/h1-4H,10H2,(H,11,13,15). The fraction of sp³-hybridized carbons (Fsp3) is 0. The highest BCUT2D eigenvalue weighted by Gasteiger charge is 2.13. The summed E-state index contributed by atoms with van der Waals surface area (Å²) in [6.07, 6.45) is 2.56. The van der Waals surface area contributed by atoms with Crippen molar-refractivity contribution >= 4 is 5.97 Å². The third-order valence-electron chi connectivity index (χ3n) is 1.94. The topological polar surface area (TPSA) is 124 Å². The van der Waals surface area contributed by atoms with Gasteiger partial charge in [0.05, 0.1) is 0 Å². The van der Waals surface area contributed by atoms with Crippen molar-refractivity contribution in [2.75, 3.05) is 0 Å². The third kappa shape index (κ3) is 2.16. The van der Waals surface area contributed by atoms with Crippen molar-refractivity contribution in [3.63, 3.8) is 0 Å². The second-order valence-corrected chi connectivity index (χ2v) is 2.99. The van der Waals surface area contributed by atoms with Crippen LogP contribution in [0.3, 0.4) is 0 Å². The minimum absolute atomic E-state index is 0.205. The summed E-state index contributed by atoms with van der Waals surface area (Å²) in [6.45, 7) is 0. The number of aromatic nitrogens is 4. The highest BCUT2D eigenvalue weighted by molar-refractivity contribution is 5.88. The van der Waals surface area contributed by atoms with Gasteiger partial charge in [-0.2, -0.15) is 11.0 Å². The predicted octanol–water partition coefficient (Wildman–Crippen LogP) is -0.743. The second kappa shape index (κ2) is 4.49. The summed E-state index contributed by atoms with van der Waals surface area (Å²) < 4.78 is 0. The number of H-pyrrole nitrogens is 1. The maximum Gasteiger partial charge on any atom is 0.363 e. The van der Waals surface area contributed by atoms with Gasteiger partial charge in [-0.05, 0) is 12.1 Å². The lowest BCUT2D eigenvalue weighted by Crippen LogP contribution is -2.22. The van der Waals surface area contributed by atoms with E-state index in [9.17, 15) is 9.59 Å². The van der Waals surface area contributed by atoms with Crippen molar-refractivity contribution < 1.29 is 9.63 Å². The molecule has 8 nitrogen and oxygen atoms in total. The van der Waals surface area contributed by atoms with Crippen LogP contribution in [0.4, 0.5) is 0 Å². The van der Waals surface area contributed by atoms with Crippen molar-refractivity contribution in [1.82, 2.24) is 20.2 Å². The summed E-state index contributed by atoms with van der Waals surface area (Å²) in [5.41, 5.74) is -0.548. The van der Waals surface area contributed by atoms with E-state index < -0.39 is 11.5 Å². The van der Waals surface area contributed by atoms with Gasteiger partial charge in [-0.1, -0.05) is 0 Å².